The largest absolute Gasteiger partial charge is 0.366 e. The highest BCUT2D eigenvalue weighted by atomic mass is 15.2. The molecule has 0 saturated carbocycles. The van der Waals surface area contributed by atoms with Crippen molar-refractivity contribution in [1.82, 2.24) is 24.8 Å². The number of rotatable bonds is 10. The van der Waals surface area contributed by atoms with Gasteiger partial charge in [0.1, 0.15) is 0 Å². The van der Waals surface area contributed by atoms with Gasteiger partial charge in [0.05, 0.1) is 36.7 Å². The van der Waals surface area contributed by atoms with Crippen LogP contribution in [0.5, 0.6) is 0 Å². The summed E-state index contributed by atoms with van der Waals surface area (Å²) >= 11 is 0. The van der Waals surface area contributed by atoms with Crippen molar-refractivity contribution < 1.29 is 0 Å². The van der Waals surface area contributed by atoms with E-state index in [1.165, 1.54) is 5.56 Å². The van der Waals surface area contributed by atoms with Crippen molar-refractivity contribution >= 4 is 0 Å². The van der Waals surface area contributed by atoms with Crippen LogP contribution in [-0.2, 0) is 26.2 Å². The highest BCUT2D eigenvalue weighted by Gasteiger charge is 2.08. The lowest BCUT2D eigenvalue weighted by Gasteiger charge is -2.24. The van der Waals surface area contributed by atoms with E-state index < -0.39 is 0 Å². The highest BCUT2D eigenvalue weighted by Crippen LogP contribution is 2.12. The molecule has 0 N–H and O–H groups in total. The maximum absolute atomic E-state index is 4.51. The number of hydrogen-bond acceptors (Lipinski definition) is 5. The second-order valence-corrected chi connectivity index (χ2v) is 7.56. The number of aromatic nitrogens is 3. The third kappa shape index (κ3) is 6.77. The molecule has 0 aliphatic rings. The minimum absolute atomic E-state index is 0.705. The Kier molecular flexibility index (Phi) is 7.58. The molecule has 4 rings (SSSR count). The molecule has 0 fully saturated rings. The van der Waals surface area contributed by atoms with Crippen LogP contribution < -0.4 is 0 Å². The molecule has 160 valence electrons. The van der Waals surface area contributed by atoms with Gasteiger partial charge in [0.2, 0.25) is 0 Å². The van der Waals surface area contributed by atoms with Gasteiger partial charge in [-0.1, -0.05) is 48.5 Å². The summed E-state index contributed by atoms with van der Waals surface area (Å²) in [5, 5.41) is 0. The van der Waals surface area contributed by atoms with Gasteiger partial charge < -0.3 is 9.80 Å². The van der Waals surface area contributed by atoms with Gasteiger partial charge >= 0.3 is 0 Å². The average Bonchev–Trinajstić information content (AvgIpc) is 2.85. The molecule has 0 atom stereocenters. The van der Waals surface area contributed by atoms with Gasteiger partial charge in [-0.3, -0.25) is 15.0 Å². The van der Waals surface area contributed by atoms with Crippen molar-refractivity contribution in [2.24, 2.45) is 0 Å². The van der Waals surface area contributed by atoms with E-state index in [-0.39, 0.29) is 0 Å². The standard InChI is InChI=1S/C27H27N5/c1-2-10-24(11-3-1)20-31(21-25-12-4-7-15-28-25)18-19-32(22-26-13-5-8-16-29-26)23-27-14-6-9-17-30-27/h1-19H,20-23H2/b19-18+. The SMILES string of the molecule is C(=C\N(Cc1ccccn1)Cc1ccccn1)/N(Cc1ccccc1)Cc1ccccn1. The normalized spacial score (nSPS) is 10.9. The Morgan fingerprint density at radius 2 is 0.875 bits per heavy atom. The van der Waals surface area contributed by atoms with E-state index in [1.54, 1.807) is 0 Å². The molecular weight excluding hydrogens is 394 g/mol. The van der Waals surface area contributed by atoms with Gasteiger partial charge in [0.25, 0.3) is 0 Å². The number of hydrogen-bond donors (Lipinski definition) is 0. The van der Waals surface area contributed by atoms with Crippen LogP contribution in [0.3, 0.4) is 0 Å². The van der Waals surface area contributed by atoms with E-state index in [0.29, 0.717) is 13.1 Å². The van der Waals surface area contributed by atoms with Gasteiger partial charge in [0, 0.05) is 37.5 Å². The smallest absolute Gasteiger partial charge is 0.0601 e. The van der Waals surface area contributed by atoms with E-state index in [0.717, 1.165) is 30.2 Å². The van der Waals surface area contributed by atoms with Crippen molar-refractivity contribution in [1.29, 1.82) is 0 Å². The first-order chi connectivity index (χ1) is 15.8. The minimum Gasteiger partial charge on any atom is -0.366 e. The summed E-state index contributed by atoms with van der Waals surface area (Å²) < 4.78 is 0. The summed E-state index contributed by atoms with van der Waals surface area (Å²) in [4.78, 5) is 18.0. The van der Waals surface area contributed by atoms with Crippen LogP contribution in [0, 0.1) is 0 Å². The molecule has 0 saturated heterocycles. The maximum Gasteiger partial charge on any atom is 0.0601 e. The number of pyridine rings is 3. The summed E-state index contributed by atoms with van der Waals surface area (Å²) in [6.45, 7) is 2.94. The Morgan fingerprint density at radius 3 is 1.28 bits per heavy atom. The van der Waals surface area contributed by atoms with Crippen LogP contribution in [0.4, 0.5) is 0 Å². The van der Waals surface area contributed by atoms with E-state index in [2.05, 4.69) is 79.6 Å². The van der Waals surface area contributed by atoms with Crippen molar-refractivity contribution in [3.05, 3.63) is 139 Å². The zero-order chi connectivity index (χ0) is 21.8. The van der Waals surface area contributed by atoms with Crippen LogP contribution in [0.1, 0.15) is 22.6 Å². The summed E-state index contributed by atoms with van der Waals surface area (Å²) in [5.74, 6) is 0. The Balaban J connectivity index is 1.54. The summed E-state index contributed by atoms with van der Waals surface area (Å²) in [7, 11) is 0. The molecule has 0 aliphatic carbocycles. The molecule has 0 unspecified atom stereocenters. The third-order valence-corrected chi connectivity index (χ3v) is 4.99. The lowest BCUT2D eigenvalue weighted by atomic mass is 10.2. The van der Waals surface area contributed by atoms with Crippen molar-refractivity contribution in [2.75, 3.05) is 0 Å². The summed E-state index contributed by atoms with van der Waals surface area (Å²) in [5.41, 5.74) is 4.34. The van der Waals surface area contributed by atoms with Crippen LogP contribution in [0.25, 0.3) is 0 Å². The lowest BCUT2D eigenvalue weighted by molar-refractivity contribution is 0.317. The number of nitrogens with zero attached hydrogens (tertiary/aromatic N) is 5. The fourth-order valence-electron chi connectivity index (χ4n) is 3.43. The van der Waals surface area contributed by atoms with Crippen molar-refractivity contribution in [3.8, 4) is 0 Å². The van der Waals surface area contributed by atoms with E-state index in [9.17, 15) is 0 Å². The molecule has 1 aromatic carbocycles. The molecule has 5 nitrogen and oxygen atoms in total. The van der Waals surface area contributed by atoms with Gasteiger partial charge in [-0.2, -0.15) is 0 Å². The summed E-state index contributed by atoms with van der Waals surface area (Å²) in [6.07, 6.45) is 9.79. The van der Waals surface area contributed by atoms with E-state index in [4.69, 9.17) is 0 Å². The quantitative estimate of drug-likeness (QED) is 0.359. The van der Waals surface area contributed by atoms with E-state index >= 15 is 0 Å². The molecule has 0 spiro atoms. The molecule has 3 heterocycles. The van der Waals surface area contributed by atoms with Crippen molar-refractivity contribution in [2.45, 2.75) is 26.2 Å². The van der Waals surface area contributed by atoms with E-state index in [1.807, 2.05) is 61.1 Å². The third-order valence-electron chi connectivity index (χ3n) is 4.99. The molecule has 32 heavy (non-hydrogen) atoms. The summed E-state index contributed by atoms with van der Waals surface area (Å²) in [6, 6.07) is 28.6. The second kappa shape index (κ2) is 11.4. The Hall–Kier alpha value is -3.99. The van der Waals surface area contributed by atoms with Crippen LogP contribution in [0.15, 0.2) is 116 Å². The van der Waals surface area contributed by atoms with Gasteiger partial charge in [-0.15, -0.1) is 0 Å². The first-order valence-electron chi connectivity index (χ1n) is 10.8. The molecule has 0 amide bonds. The first-order valence-corrected chi connectivity index (χ1v) is 10.8. The Morgan fingerprint density at radius 1 is 0.469 bits per heavy atom. The number of benzene rings is 1. The average molecular weight is 422 g/mol. The predicted octanol–water partition coefficient (Wildman–Crippen LogP) is 5.05. The molecular formula is C27H27N5. The molecule has 0 bridgehead atoms. The zero-order valence-corrected chi connectivity index (χ0v) is 18.0. The Bertz CT molecular complexity index is 898. The van der Waals surface area contributed by atoms with Crippen LogP contribution >= 0.6 is 0 Å². The lowest BCUT2D eigenvalue weighted by Crippen LogP contribution is -2.22. The first kappa shape index (κ1) is 21.2. The monoisotopic (exact) mass is 421 g/mol. The maximum atomic E-state index is 4.51. The second-order valence-electron chi connectivity index (χ2n) is 7.56. The predicted molar refractivity (Wildman–Crippen MR) is 127 cm³/mol. The molecule has 0 aliphatic heterocycles. The zero-order valence-electron chi connectivity index (χ0n) is 18.0. The van der Waals surface area contributed by atoms with Gasteiger partial charge in [0.15, 0.2) is 0 Å². The van der Waals surface area contributed by atoms with Gasteiger partial charge in [-0.05, 0) is 42.0 Å². The molecule has 3 aromatic heterocycles. The van der Waals surface area contributed by atoms with Crippen molar-refractivity contribution in [3.63, 3.8) is 0 Å². The fraction of sp³-hybridized carbons (Fsp3) is 0.148. The highest BCUT2D eigenvalue weighted by molar-refractivity contribution is 5.16. The fourth-order valence-corrected chi connectivity index (χ4v) is 3.43. The minimum atomic E-state index is 0.705. The molecule has 5 heteroatoms. The molecule has 4 aromatic rings. The van der Waals surface area contributed by atoms with Crippen LogP contribution in [-0.4, -0.2) is 24.8 Å². The molecule has 0 radical (unpaired) electrons. The topological polar surface area (TPSA) is 45.2 Å². The van der Waals surface area contributed by atoms with Crippen LogP contribution in [0.2, 0.25) is 0 Å². The van der Waals surface area contributed by atoms with Gasteiger partial charge in [-0.25, -0.2) is 0 Å². The Labute approximate surface area is 189 Å².